The van der Waals surface area contributed by atoms with Crippen LogP contribution in [0.3, 0.4) is 0 Å². The highest BCUT2D eigenvalue weighted by Gasteiger charge is 2.10. The summed E-state index contributed by atoms with van der Waals surface area (Å²) >= 11 is 0. The molecule has 3 N–H and O–H groups in total. The van der Waals surface area contributed by atoms with Crippen molar-refractivity contribution < 1.29 is 14.0 Å². The minimum absolute atomic E-state index is 0.0545. The van der Waals surface area contributed by atoms with E-state index in [0.717, 1.165) is 5.56 Å². The van der Waals surface area contributed by atoms with E-state index in [1.807, 2.05) is 13.0 Å². The molecule has 2 aromatic rings. The fourth-order valence-corrected chi connectivity index (χ4v) is 1.94. The maximum absolute atomic E-state index is 11.9. The van der Waals surface area contributed by atoms with E-state index in [-0.39, 0.29) is 17.6 Å². The predicted molar refractivity (Wildman–Crippen MR) is 85.0 cm³/mol. The third-order valence-electron chi connectivity index (χ3n) is 3.11. The highest BCUT2D eigenvalue weighted by atomic mass is 16.3. The summed E-state index contributed by atoms with van der Waals surface area (Å²) in [6.45, 7) is 2.49. The maximum Gasteiger partial charge on any atom is 0.291 e. The number of furan rings is 1. The van der Waals surface area contributed by atoms with E-state index in [4.69, 9.17) is 4.42 Å². The Labute approximate surface area is 128 Å². The number of aryl methyl sites for hydroxylation is 1. The van der Waals surface area contributed by atoms with Crippen LogP contribution >= 0.6 is 0 Å². The van der Waals surface area contributed by atoms with Crippen molar-refractivity contribution >= 4 is 23.2 Å². The Morgan fingerprint density at radius 1 is 1.18 bits per heavy atom. The molecular formula is C16H19N3O3. The lowest BCUT2D eigenvalue weighted by Crippen LogP contribution is -2.19. The highest BCUT2D eigenvalue weighted by molar-refractivity contribution is 6.02. The van der Waals surface area contributed by atoms with Gasteiger partial charge < -0.3 is 20.4 Å². The average molecular weight is 301 g/mol. The predicted octanol–water partition coefficient (Wildman–Crippen LogP) is 2.39. The monoisotopic (exact) mass is 301 g/mol. The summed E-state index contributed by atoms with van der Waals surface area (Å²) in [7, 11) is 1.80. The third kappa shape index (κ3) is 4.20. The zero-order chi connectivity index (χ0) is 15.9. The minimum Gasteiger partial charge on any atom is -0.459 e. The molecule has 6 nitrogen and oxygen atoms in total. The lowest BCUT2D eigenvalue weighted by Gasteiger charge is -2.10. The van der Waals surface area contributed by atoms with Gasteiger partial charge in [-0.3, -0.25) is 9.59 Å². The Bertz CT molecular complexity index is 651. The Kier molecular flexibility index (Phi) is 5.32. The number of hydrogen-bond donors (Lipinski definition) is 3. The van der Waals surface area contributed by atoms with Crippen molar-refractivity contribution in [2.45, 2.75) is 13.3 Å². The van der Waals surface area contributed by atoms with Gasteiger partial charge in [0.2, 0.25) is 5.91 Å². The van der Waals surface area contributed by atoms with Crippen LogP contribution < -0.4 is 16.0 Å². The number of benzene rings is 1. The van der Waals surface area contributed by atoms with E-state index in [9.17, 15) is 9.59 Å². The molecule has 1 aromatic heterocycles. The van der Waals surface area contributed by atoms with Gasteiger partial charge in [0.05, 0.1) is 6.26 Å². The van der Waals surface area contributed by atoms with Gasteiger partial charge in [-0.2, -0.15) is 0 Å². The number of nitrogens with one attached hydrogen (secondary N) is 3. The van der Waals surface area contributed by atoms with Crippen LogP contribution in [0.5, 0.6) is 0 Å². The van der Waals surface area contributed by atoms with E-state index in [1.165, 1.54) is 6.26 Å². The van der Waals surface area contributed by atoms with Crippen LogP contribution in [-0.4, -0.2) is 25.4 Å². The van der Waals surface area contributed by atoms with E-state index in [2.05, 4.69) is 16.0 Å². The topological polar surface area (TPSA) is 83.4 Å². The summed E-state index contributed by atoms with van der Waals surface area (Å²) in [5.74, 6) is -0.108. The molecule has 0 atom stereocenters. The summed E-state index contributed by atoms with van der Waals surface area (Å²) in [5.41, 5.74) is 2.23. The molecule has 0 aliphatic carbocycles. The van der Waals surface area contributed by atoms with Crippen molar-refractivity contribution in [3.8, 4) is 0 Å². The summed E-state index contributed by atoms with van der Waals surface area (Å²) in [5, 5.41) is 8.51. The van der Waals surface area contributed by atoms with E-state index >= 15 is 0 Å². The maximum atomic E-state index is 11.9. The van der Waals surface area contributed by atoms with Gasteiger partial charge in [0.25, 0.3) is 5.91 Å². The molecule has 2 amide bonds. The second kappa shape index (κ2) is 7.42. The quantitative estimate of drug-likeness (QED) is 0.765. The first kappa shape index (κ1) is 15.8. The van der Waals surface area contributed by atoms with Gasteiger partial charge in [0, 0.05) is 24.3 Å². The molecule has 0 aliphatic rings. The van der Waals surface area contributed by atoms with Crippen LogP contribution in [0.15, 0.2) is 41.0 Å². The molecule has 6 heteroatoms. The van der Waals surface area contributed by atoms with Crippen molar-refractivity contribution in [2.24, 2.45) is 0 Å². The molecule has 0 bridgehead atoms. The smallest absolute Gasteiger partial charge is 0.291 e. The summed E-state index contributed by atoms with van der Waals surface area (Å²) in [6.07, 6.45) is 1.86. The largest absolute Gasteiger partial charge is 0.459 e. The van der Waals surface area contributed by atoms with Crippen molar-refractivity contribution in [1.29, 1.82) is 0 Å². The second-order valence-corrected chi connectivity index (χ2v) is 4.86. The molecule has 0 fully saturated rings. The summed E-state index contributed by atoms with van der Waals surface area (Å²) < 4.78 is 5.05. The molecule has 0 saturated heterocycles. The van der Waals surface area contributed by atoms with E-state index < -0.39 is 0 Å². The van der Waals surface area contributed by atoms with Crippen molar-refractivity contribution in [3.05, 3.63) is 47.9 Å². The van der Waals surface area contributed by atoms with Gasteiger partial charge >= 0.3 is 0 Å². The van der Waals surface area contributed by atoms with E-state index in [0.29, 0.717) is 24.3 Å². The number of rotatable bonds is 6. The first-order valence-corrected chi connectivity index (χ1v) is 7.00. The molecule has 116 valence electrons. The first-order valence-electron chi connectivity index (χ1n) is 7.00. The van der Waals surface area contributed by atoms with Crippen molar-refractivity contribution in [3.63, 3.8) is 0 Å². The summed E-state index contributed by atoms with van der Waals surface area (Å²) in [4.78, 5) is 23.6. The molecule has 0 aliphatic heterocycles. The average Bonchev–Trinajstić information content (AvgIpc) is 3.02. The van der Waals surface area contributed by atoms with Gasteiger partial charge in [-0.25, -0.2) is 0 Å². The molecule has 2 rings (SSSR count). The minimum atomic E-state index is -0.307. The second-order valence-electron chi connectivity index (χ2n) is 4.86. The van der Waals surface area contributed by atoms with Gasteiger partial charge in [-0.05, 0) is 49.9 Å². The van der Waals surface area contributed by atoms with Gasteiger partial charge in [-0.1, -0.05) is 0 Å². The van der Waals surface area contributed by atoms with Crippen LogP contribution in [0.1, 0.15) is 22.5 Å². The van der Waals surface area contributed by atoms with Crippen LogP contribution in [0.25, 0.3) is 0 Å². The Balaban J connectivity index is 2.00. The Morgan fingerprint density at radius 2 is 2.00 bits per heavy atom. The van der Waals surface area contributed by atoms with Gasteiger partial charge in [-0.15, -0.1) is 0 Å². The van der Waals surface area contributed by atoms with Crippen molar-refractivity contribution in [2.75, 3.05) is 24.2 Å². The van der Waals surface area contributed by atoms with Crippen molar-refractivity contribution in [1.82, 2.24) is 5.32 Å². The lowest BCUT2D eigenvalue weighted by atomic mass is 10.1. The standard InChI is InChI=1S/C16H19N3O3/c1-11-10-12(18-15(20)7-8-17-2)5-6-13(11)19-16(21)14-4-3-9-22-14/h3-6,9-10,17H,7-8H2,1-2H3,(H,18,20)(H,19,21). The molecule has 0 radical (unpaired) electrons. The number of carbonyl (C=O) groups is 2. The number of hydrogen-bond acceptors (Lipinski definition) is 4. The lowest BCUT2D eigenvalue weighted by molar-refractivity contribution is -0.116. The van der Waals surface area contributed by atoms with Crippen LogP contribution in [-0.2, 0) is 4.79 Å². The third-order valence-corrected chi connectivity index (χ3v) is 3.11. The molecule has 0 spiro atoms. The zero-order valence-corrected chi connectivity index (χ0v) is 12.6. The first-order chi connectivity index (χ1) is 10.6. The number of anilines is 2. The Morgan fingerprint density at radius 3 is 2.64 bits per heavy atom. The zero-order valence-electron chi connectivity index (χ0n) is 12.6. The van der Waals surface area contributed by atoms with E-state index in [1.54, 1.807) is 31.3 Å². The highest BCUT2D eigenvalue weighted by Crippen LogP contribution is 2.20. The normalized spacial score (nSPS) is 10.3. The molecule has 1 heterocycles. The summed E-state index contributed by atoms with van der Waals surface area (Å²) in [6, 6.07) is 8.58. The van der Waals surface area contributed by atoms with Crippen LogP contribution in [0, 0.1) is 6.92 Å². The van der Waals surface area contributed by atoms with Crippen LogP contribution in [0.2, 0.25) is 0 Å². The van der Waals surface area contributed by atoms with Gasteiger partial charge in [0.15, 0.2) is 5.76 Å². The molecule has 0 saturated carbocycles. The fraction of sp³-hybridized carbons (Fsp3) is 0.250. The molecule has 22 heavy (non-hydrogen) atoms. The molecule has 1 aromatic carbocycles. The SMILES string of the molecule is CNCCC(=O)Nc1ccc(NC(=O)c2ccco2)c(C)c1. The van der Waals surface area contributed by atoms with Gasteiger partial charge in [0.1, 0.15) is 0 Å². The Hall–Kier alpha value is -2.60. The number of amides is 2. The fourth-order valence-electron chi connectivity index (χ4n) is 1.94. The van der Waals surface area contributed by atoms with Crippen LogP contribution in [0.4, 0.5) is 11.4 Å². The molecule has 0 unspecified atom stereocenters. The number of carbonyl (C=O) groups excluding carboxylic acids is 2. The molecular weight excluding hydrogens is 282 g/mol.